The maximum absolute atomic E-state index is 5.47. The number of fused-ring (bicyclic) bond motifs is 3. The van der Waals surface area contributed by atoms with Crippen LogP contribution in [0.4, 0.5) is 0 Å². The Labute approximate surface area is 100 Å². The van der Waals surface area contributed by atoms with E-state index in [1.165, 1.54) is 17.3 Å². The van der Waals surface area contributed by atoms with Crippen molar-refractivity contribution in [3.8, 4) is 0 Å². The highest BCUT2D eigenvalue weighted by Crippen LogP contribution is 2.31. The van der Waals surface area contributed by atoms with E-state index in [0.717, 1.165) is 29.8 Å². The molecule has 0 saturated carbocycles. The Balaban J connectivity index is 2.34. The third-order valence-corrected chi connectivity index (χ3v) is 3.29. The average molecular weight is 228 g/mol. The van der Waals surface area contributed by atoms with E-state index in [4.69, 9.17) is 4.52 Å². The molecule has 0 unspecified atom stereocenters. The van der Waals surface area contributed by atoms with Gasteiger partial charge in [0.25, 0.3) is 0 Å². The van der Waals surface area contributed by atoms with E-state index in [9.17, 15) is 0 Å². The molecule has 3 aromatic rings. The first-order valence-corrected chi connectivity index (χ1v) is 6.16. The molecule has 2 heterocycles. The number of hydrogen-bond donors (Lipinski definition) is 0. The SMILES string of the molecule is CCCCn1c2ccccc2c2c(C)noc21. The van der Waals surface area contributed by atoms with Crippen LogP contribution in [-0.2, 0) is 6.54 Å². The van der Waals surface area contributed by atoms with Gasteiger partial charge in [-0.2, -0.15) is 0 Å². The van der Waals surface area contributed by atoms with Crippen LogP contribution < -0.4 is 0 Å². The number of rotatable bonds is 3. The van der Waals surface area contributed by atoms with E-state index in [1.807, 2.05) is 6.92 Å². The number of nitrogens with zero attached hydrogens (tertiary/aromatic N) is 2. The van der Waals surface area contributed by atoms with Gasteiger partial charge in [-0.05, 0) is 19.4 Å². The molecule has 0 saturated heterocycles. The number of aromatic nitrogens is 2. The predicted octanol–water partition coefficient (Wildman–Crippen LogP) is 3.89. The molecular formula is C14H16N2O. The topological polar surface area (TPSA) is 31.0 Å². The van der Waals surface area contributed by atoms with Gasteiger partial charge in [-0.1, -0.05) is 36.7 Å². The molecule has 0 N–H and O–H groups in total. The van der Waals surface area contributed by atoms with Crippen molar-refractivity contribution in [2.45, 2.75) is 33.2 Å². The monoisotopic (exact) mass is 228 g/mol. The Morgan fingerprint density at radius 3 is 2.94 bits per heavy atom. The minimum Gasteiger partial charge on any atom is -0.337 e. The summed E-state index contributed by atoms with van der Waals surface area (Å²) in [4.78, 5) is 0. The largest absolute Gasteiger partial charge is 0.337 e. The standard InChI is InChI=1S/C14H16N2O/c1-3-4-9-16-12-8-6-5-7-11(12)13-10(2)15-17-14(13)16/h5-8H,3-4,9H2,1-2H3. The summed E-state index contributed by atoms with van der Waals surface area (Å²) < 4.78 is 7.72. The molecule has 17 heavy (non-hydrogen) atoms. The molecule has 3 rings (SSSR count). The maximum atomic E-state index is 5.47. The maximum Gasteiger partial charge on any atom is 0.239 e. The summed E-state index contributed by atoms with van der Waals surface area (Å²) in [6, 6.07) is 8.44. The van der Waals surface area contributed by atoms with Crippen molar-refractivity contribution >= 4 is 22.0 Å². The fourth-order valence-electron chi connectivity index (χ4n) is 2.42. The summed E-state index contributed by atoms with van der Waals surface area (Å²) in [5.41, 5.74) is 3.14. The van der Waals surface area contributed by atoms with E-state index in [2.05, 4.69) is 40.9 Å². The fraction of sp³-hybridized carbons (Fsp3) is 0.357. The zero-order valence-electron chi connectivity index (χ0n) is 10.2. The molecule has 0 bridgehead atoms. The minimum atomic E-state index is 0.914. The van der Waals surface area contributed by atoms with Crippen molar-refractivity contribution in [1.82, 2.24) is 9.72 Å². The highest BCUT2D eigenvalue weighted by molar-refractivity contribution is 6.07. The van der Waals surface area contributed by atoms with E-state index in [-0.39, 0.29) is 0 Å². The lowest BCUT2D eigenvalue weighted by atomic mass is 10.2. The Morgan fingerprint density at radius 1 is 1.29 bits per heavy atom. The first-order chi connectivity index (χ1) is 8.33. The number of benzene rings is 1. The number of hydrogen-bond acceptors (Lipinski definition) is 2. The third-order valence-electron chi connectivity index (χ3n) is 3.29. The van der Waals surface area contributed by atoms with Crippen LogP contribution in [0.5, 0.6) is 0 Å². The van der Waals surface area contributed by atoms with Crippen molar-refractivity contribution in [3.05, 3.63) is 30.0 Å². The molecule has 3 nitrogen and oxygen atoms in total. The molecule has 1 aromatic carbocycles. The molecule has 88 valence electrons. The van der Waals surface area contributed by atoms with Gasteiger partial charge in [-0.25, -0.2) is 0 Å². The van der Waals surface area contributed by atoms with E-state index in [0.29, 0.717) is 0 Å². The number of unbranched alkanes of at least 4 members (excludes halogenated alkanes) is 1. The van der Waals surface area contributed by atoms with Gasteiger partial charge in [0, 0.05) is 11.9 Å². The van der Waals surface area contributed by atoms with Crippen molar-refractivity contribution < 1.29 is 4.52 Å². The summed E-state index contributed by atoms with van der Waals surface area (Å²) in [5, 5.41) is 6.49. The molecular weight excluding hydrogens is 212 g/mol. The normalized spacial score (nSPS) is 11.6. The van der Waals surface area contributed by atoms with Crippen LogP contribution in [0.15, 0.2) is 28.8 Å². The van der Waals surface area contributed by atoms with Crippen LogP contribution >= 0.6 is 0 Å². The predicted molar refractivity (Wildman–Crippen MR) is 69.2 cm³/mol. The smallest absolute Gasteiger partial charge is 0.239 e. The second kappa shape index (κ2) is 3.91. The van der Waals surface area contributed by atoms with Crippen molar-refractivity contribution in [2.75, 3.05) is 0 Å². The second-order valence-electron chi connectivity index (χ2n) is 4.47. The Hall–Kier alpha value is -1.77. The highest BCUT2D eigenvalue weighted by atomic mass is 16.5. The summed E-state index contributed by atoms with van der Waals surface area (Å²) in [7, 11) is 0. The molecule has 0 fully saturated rings. The molecule has 0 aliphatic heterocycles. The summed E-state index contributed by atoms with van der Waals surface area (Å²) in [6.45, 7) is 5.20. The van der Waals surface area contributed by atoms with E-state index < -0.39 is 0 Å². The molecule has 0 aliphatic rings. The van der Waals surface area contributed by atoms with Crippen LogP contribution in [0.1, 0.15) is 25.5 Å². The lowest BCUT2D eigenvalue weighted by molar-refractivity contribution is 0.428. The average Bonchev–Trinajstić information content (AvgIpc) is 2.86. The Morgan fingerprint density at radius 2 is 2.12 bits per heavy atom. The van der Waals surface area contributed by atoms with Crippen molar-refractivity contribution in [2.24, 2.45) is 0 Å². The minimum absolute atomic E-state index is 0.914. The molecule has 0 atom stereocenters. The van der Waals surface area contributed by atoms with Gasteiger partial charge in [0.15, 0.2) is 0 Å². The lowest BCUT2D eigenvalue weighted by Gasteiger charge is -2.03. The van der Waals surface area contributed by atoms with Crippen LogP contribution in [0, 0.1) is 6.92 Å². The highest BCUT2D eigenvalue weighted by Gasteiger charge is 2.16. The van der Waals surface area contributed by atoms with E-state index in [1.54, 1.807) is 0 Å². The summed E-state index contributed by atoms with van der Waals surface area (Å²) >= 11 is 0. The van der Waals surface area contributed by atoms with Gasteiger partial charge >= 0.3 is 0 Å². The molecule has 3 heteroatoms. The lowest BCUT2D eigenvalue weighted by Crippen LogP contribution is -1.96. The van der Waals surface area contributed by atoms with Crippen LogP contribution in [0.2, 0.25) is 0 Å². The van der Waals surface area contributed by atoms with E-state index >= 15 is 0 Å². The van der Waals surface area contributed by atoms with Crippen molar-refractivity contribution in [3.63, 3.8) is 0 Å². The Kier molecular flexibility index (Phi) is 2.39. The molecule has 0 radical (unpaired) electrons. The van der Waals surface area contributed by atoms with Gasteiger partial charge in [-0.15, -0.1) is 0 Å². The third kappa shape index (κ3) is 1.46. The van der Waals surface area contributed by atoms with Gasteiger partial charge in [0.2, 0.25) is 5.71 Å². The van der Waals surface area contributed by atoms with Gasteiger partial charge in [-0.3, -0.25) is 0 Å². The first kappa shape index (κ1) is 10.4. The first-order valence-electron chi connectivity index (χ1n) is 6.16. The molecule has 0 amide bonds. The quantitative estimate of drug-likeness (QED) is 0.681. The number of aryl methyl sites for hydroxylation is 2. The molecule has 0 aliphatic carbocycles. The molecule has 2 aromatic heterocycles. The Bertz CT molecular complexity index is 663. The zero-order chi connectivity index (χ0) is 11.8. The van der Waals surface area contributed by atoms with Gasteiger partial charge in [0.05, 0.1) is 16.6 Å². The van der Waals surface area contributed by atoms with Crippen LogP contribution in [0.3, 0.4) is 0 Å². The van der Waals surface area contributed by atoms with Crippen molar-refractivity contribution in [1.29, 1.82) is 0 Å². The van der Waals surface area contributed by atoms with Crippen LogP contribution in [-0.4, -0.2) is 9.72 Å². The summed E-state index contributed by atoms with van der Waals surface area (Å²) in [6.07, 6.45) is 2.34. The van der Waals surface area contributed by atoms with Gasteiger partial charge < -0.3 is 9.09 Å². The zero-order valence-corrected chi connectivity index (χ0v) is 10.2. The second-order valence-corrected chi connectivity index (χ2v) is 4.47. The summed E-state index contributed by atoms with van der Waals surface area (Å²) in [5.74, 6) is 0. The molecule has 0 spiro atoms. The van der Waals surface area contributed by atoms with Crippen LogP contribution in [0.25, 0.3) is 22.0 Å². The number of para-hydroxylation sites is 1. The van der Waals surface area contributed by atoms with Gasteiger partial charge in [0.1, 0.15) is 0 Å². The fourth-order valence-corrected chi connectivity index (χ4v) is 2.42.